The van der Waals surface area contributed by atoms with Crippen LogP contribution in [0.1, 0.15) is 18.2 Å². The van der Waals surface area contributed by atoms with Crippen LogP contribution in [0.2, 0.25) is 13.1 Å². The predicted octanol–water partition coefficient (Wildman–Crippen LogP) is 3.50. The Morgan fingerprint density at radius 3 is 2.70 bits per heavy atom. The van der Waals surface area contributed by atoms with Gasteiger partial charge >= 0.3 is 0 Å². The number of aliphatic imine (C=N–C) groups is 1. The Morgan fingerprint density at radius 2 is 2.10 bits per heavy atom. The van der Waals surface area contributed by atoms with Crippen molar-refractivity contribution in [1.29, 1.82) is 0 Å². The van der Waals surface area contributed by atoms with E-state index in [1.165, 1.54) is 0 Å². The van der Waals surface area contributed by atoms with Gasteiger partial charge in [0.1, 0.15) is 17.1 Å². The predicted molar refractivity (Wildman–Crippen MR) is 84.4 cm³/mol. The highest BCUT2D eigenvalue weighted by Crippen LogP contribution is 2.32. The van der Waals surface area contributed by atoms with Gasteiger partial charge in [0.05, 0.1) is 12.0 Å². The van der Waals surface area contributed by atoms with Gasteiger partial charge < -0.3 is 8.99 Å². The molecule has 4 nitrogen and oxygen atoms in total. The van der Waals surface area contributed by atoms with E-state index in [0.29, 0.717) is 0 Å². The molecule has 0 unspecified atom stereocenters. The summed E-state index contributed by atoms with van der Waals surface area (Å²) in [6, 6.07) is 6.04. The Bertz CT molecular complexity index is 632. The number of para-hydroxylation sites is 1. The molecule has 0 fully saturated rings. The van der Waals surface area contributed by atoms with E-state index in [9.17, 15) is 0 Å². The summed E-state index contributed by atoms with van der Waals surface area (Å²) < 4.78 is 7.86. The van der Waals surface area contributed by atoms with Crippen molar-refractivity contribution in [2.45, 2.75) is 26.9 Å². The fourth-order valence-electron chi connectivity index (χ4n) is 1.90. The summed E-state index contributed by atoms with van der Waals surface area (Å²) in [5.74, 6) is 0.860. The monoisotopic (exact) mass is 286 g/mol. The van der Waals surface area contributed by atoms with Crippen LogP contribution in [0.3, 0.4) is 0 Å². The number of imidazole rings is 1. The molecule has 0 saturated carbocycles. The van der Waals surface area contributed by atoms with Crippen LogP contribution >= 0.6 is 0 Å². The van der Waals surface area contributed by atoms with Crippen LogP contribution in [-0.4, -0.2) is 24.3 Å². The second-order valence-electron chi connectivity index (χ2n) is 5.05. The topological polar surface area (TPSA) is 39.4 Å². The molecule has 0 amide bonds. The third kappa shape index (κ3) is 3.36. The van der Waals surface area contributed by atoms with Crippen molar-refractivity contribution in [3.05, 3.63) is 42.0 Å². The average molecular weight is 286 g/mol. The molecule has 20 heavy (non-hydrogen) atoms. The number of hydrogen-bond donors (Lipinski definition) is 0. The smallest absolute Gasteiger partial charge is 0.274 e. The second-order valence-corrected chi connectivity index (χ2v) is 7.07. The fraction of sp³-hybridized carbons (Fsp3) is 0.333. The zero-order valence-electron chi connectivity index (χ0n) is 12.6. The summed E-state index contributed by atoms with van der Waals surface area (Å²) >= 11 is 0. The minimum absolute atomic E-state index is 0.810. The molecule has 0 saturated heterocycles. The van der Waals surface area contributed by atoms with E-state index in [0.717, 1.165) is 28.4 Å². The van der Waals surface area contributed by atoms with Crippen molar-refractivity contribution in [2.75, 3.05) is 0 Å². The molecule has 1 heterocycles. The Balaban J connectivity index is 2.41. The summed E-state index contributed by atoms with van der Waals surface area (Å²) in [5.41, 5.74) is 3.80. The number of rotatable bonds is 4. The summed E-state index contributed by atoms with van der Waals surface area (Å²) in [7, 11) is 1.14. The van der Waals surface area contributed by atoms with Crippen LogP contribution in [0, 0.1) is 6.92 Å². The van der Waals surface area contributed by atoms with Crippen molar-refractivity contribution in [1.82, 2.24) is 9.55 Å². The van der Waals surface area contributed by atoms with Gasteiger partial charge in [-0.3, -0.25) is 0 Å². The maximum atomic E-state index is 5.94. The first kappa shape index (κ1) is 14.5. The van der Waals surface area contributed by atoms with Gasteiger partial charge in [0, 0.05) is 13.2 Å². The van der Waals surface area contributed by atoms with Crippen LogP contribution in [-0.2, 0) is 7.05 Å². The fourth-order valence-corrected chi connectivity index (χ4v) is 2.51. The van der Waals surface area contributed by atoms with Crippen molar-refractivity contribution in [3.63, 3.8) is 0 Å². The van der Waals surface area contributed by atoms with Gasteiger partial charge in [0.25, 0.3) is 9.04 Å². The minimum atomic E-state index is -0.810. The number of nitrogens with zero attached hydrogens (tertiary/aromatic N) is 3. The van der Waals surface area contributed by atoms with Gasteiger partial charge in [0.15, 0.2) is 0 Å². The first-order chi connectivity index (χ1) is 9.47. The Hall–Kier alpha value is -1.88. The SMILES string of the molecule is CC(=Nc1c(C)cccc1O[Si](C)C)c1cn(C)cn1. The van der Waals surface area contributed by atoms with Crippen molar-refractivity contribution >= 4 is 20.4 Å². The Kier molecular flexibility index (Phi) is 4.39. The van der Waals surface area contributed by atoms with Gasteiger partial charge in [-0.15, -0.1) is 0 Å². The average Bonchev–Trinajstić information content (AvgIpc) is 2.79. The Labute approximate surface area is 121 Å². The molecule has 2 rings (SSSR count). The van der Waals surface area contributed by atoms with Crippen LogP contribution in [0.4, 0.5) is 5.69 Å². The molecule has 1 radical (unpaired) electrons. The van der Waals surface area contributed by atoms with E-state index >= 15 is 0 Å². The number of aromatic nitrogens is 2. The van der Waals surface area contributed by atoms with Gasteiger partial charge in [0.2, 0.25) is 0 Å². The van der Waals surface area contributed by atoms with Crippen LogP contribution < -0.4 is 4.43 Å². The molecule has 1 aromatic carbocycles. The zero-order chi connectivity index (χ0) is 14.7. The Morgan fingerprint density at radius 1 is 1.35 bits per heavy atom. The van der Waals surface area contributed by atoms with E-state index in [4.69, 9.17) is 9.42 Å². The summed E-state index contributed by atoms with van der Waals surface area (Å²) in [4.78, 5) is 9.06. The summed E-state index contributed by atoms with van der Waals surface area (Å²) in [5, 5.41) is 0. The van der Waals surface area contributed by atoms with E-state index in [1.807, 2.05) is 36.9 Å². The third-order valence-corrected chi connectivity index (χ3v) is 3.50. The quantitative estimate of drug-likeness (QED) is 0.637. The summed E-state index contributed by atoms with van der Waals surface area (Å²) in [6.07, 6.45) is 3.75. The minimum Gasteiger partial charge on any atom is -0.541 e. The lowest BCUT2D eigenvalue weighted by atomic mass is 10.2. The molecular weight excluding hydrogens is 266 g/mol. The van der Waals surface area contributed by atoms with E-state index in [2.05, 4.69) is 31.1 Å². The van der Waals surface area contributed by atoms with Crippen molar-refractivity contribution < 1.29 is 4.43 Å². The van der Waals surface area contributed by atoms with Crippen LogP contribution in [0.15, 0.2) is 35.7 Å². The molecule has 0 bridgehead atoms. The standard InChI is InChI=1S/C15H20N3OSi/c1-11-7-6-8-14(19-20(4)5)15(11)17-12(2)13-9-18(3)10-16-13/h6-10H,1-5H3. The maximum absolute atomic E-state index is 5.94. The van der Waals surface area contributed by atoms with E-state index < -0.39 is 9.04 Å². The highest BCUT2D eigenvalue weighted by molar-refractivity contribution is 6.49. The van der Waals surface area contributed by atoms with Gasteiger partial charge in [-0.2, -0.15) is 0 Å². The van der Waals surface area contributed by atoms with E-state index in [1.54, 1.807) is 6.33 Å². The molecule has 0 N–H and O–H groups in total. The summed E-state index contributed by atoms with van der Waals surface area (Å²) in [6.45, 7) is 8.26. The first-order valence-electron chi connectivity index (χ1n) is 6.58. The normalized spacial score (nSPS) is 12.0. The number of aryl methyl sites for hydroxylation is 2. The largest absolute Gasteiger partial charge is 0.541 e. The molecular formula is C15H20N3OSi. The lowest BCUT2D eigenvalue weighted by molar-refractivity contribution is 0.581. The molecule has 0 aliphatic rings. The molecule has 0 aliphatic carbocycles. The maximum Gasteiger partial charge on any atom is 0.274 e. The molecule has 1 aromatic heterocycles. The molecule has 5 heteroatoms. The van der Waals surface area contributed by atoms with Gasteiger partial charge in [-0.05, 0) is 38.6 Å². The number of hydrogen-bond acceptors (Lipinski definition) is 3. The lowest BCUT2D eigenvalue weighted by Crippen LogP contribution is -2.11. The zero-order valence-corrected chi connectivity index (χ0v) is 13.6. The highest BCUT2D eigenvalue weighted by Gasteiger charge is 2.10. The van der Waals surface area contributed by atoms with E-state index in [-0.39, 0.29) is 0 Å². The molecule has 2 aromatic rings. The van der Waals surface area contributed by atoms with Crippen LogP contribution in [0.5, 0.6) is 5.75 Å². The first-order valence-corrected chi connectivity index (χ1v) is 8.99. The van der Waals surface area contributed by atoms with Crippen LogP contribution in [0.25, 0.3) is 0 Å². The second kappa shape index (κ2) is 6.05. The van der Waals surface area contributed by atoms with Gasteiger partial charge in [-0.1, -0.05) is 12.1 Å². The number of benzene rings is 1. The third-order valence-electron chi connectivity index (χ3n) is 2.87. The molecule has 0 atom stereocenters. The van der Waals surface area contributed by atoms with Crippen molar-refractivity contribution in [2.24, 2.45) is 12.0 Å². The van der Waals surface area contributed by atoms with Gasteiger partial charge in [-0.25, -0.2) is 9.98 Å². The molecule has 105 valence electrons. The highest BCUT2D eigenvalue weighted by atomic mass is 28.3. The molecule has 0 spiro atoms. The molecule has 0 aliphatic heterocycles. The van der Waals surface area contributed by atoms with Crippen molar-refractivity contribution in [3.8, 4) is 5.75 Å². The lowest BCUT2D eigenvalue weighted by Gasteiger charge is -2.13.